The summed E-state index contributed by atoms with van der Waals surface area (Å²) < 4.78 is 7.44. The lowest BCUT2D eigenvalue weighted by Crippen LogP contribution is -2.34. The summed E-state index contributed by atoms with van der Waals surface area (Å²) in [6.45, 7) is 3.71. The highest BCUT2D eigenvalue weighted by molar-refractivity contribution is 6.30. The van der Waals surface area contributed by atoms with Gasteiger partial charge in [0.25, 0.3) is 0 Å². The third-order valence-electron chi connectivity index (χ3n) is 4.22. The summed E-state index contributed by atoms with van der Waals surface area (Å²) in [5.74, 6) is -1.01. The molecule has 0 fully saturated rings. The zero-order valence-electron chi connectivity index (χ0n) is 15.2. The number of hydrogen-bond acceptors (Lipinski definition) is 3. The number of halogens is 1. The maximum atomic E-state index is 11.2. The Morgan fingerprint density at radius 3 is 2.56 bits per heavy atom. The number of nitrogens with zero attached hydrogens (tertiary/aromatic N) is 2. The van der Waals surface area contributed by atoms with Crippen LogP contribution in [0, 0.1) is 0 Å². The van der Waals surface area contributed by atoms with Gasteiger partial charge in [0.1, 0.15) is 0 Å². The number of hydrogen-bond donors (Lipinski definition) is 1. The average molecular weight is 385 g/mol. The Morgan fingerprint density at radius 1 is 1.15 bits per heavy atom. The van der Waals surface area contributed by atoms with Crippen molar-refractivity contribution in [2.24, 2.45) is 0 Å². The molecule has 6 heteroatoms. The highest BCUT2D eigenvalue weighted by Gasteiger charge is 2.28. The van der Waals surface area contributed by atoms with Crippen LogP contribution in [0.25, 0.3) is 11.3 Å². The van der Waals surface area contributed by atoms with Crippen molar-refractivity contribution in [1.29, 1.82) is 0 Å². The molecule has 0 saturated heterocycles. The third-order valence-corrected chi connectivity index (χ3v) is 4.45. The second-order valence-corrected chi connectivity index (χ2v) is 7.22. The minimum Gasteiger partial charge on any atom is -0.479 e. The van der Waals surface area contributed by atoms with Crippen molar-refractivity contribution in [2.45, 2.75) is 32.6 Å². The maximum absolute atomic E-state index is 11.2. The molecule has 2 aromatic carbocycles. The number of aliphatic carboxylic acids is 1. The van der Waals surface area contributed by atoms with Crippen LogP contribution in [-0.4, -0.2) is 26.5 Å². The van der Waals surface area contributed by atoms with Crippen molar-refractivity contribution in [3.05, 3.63) is 76.9 Å². The second kappa shape index (κ2) is 7.94. The van der Waals surface area contributed by atoms with Gasteiger partial charge in [-0.1, -0.05) is 54.1 Å². The normalized spacial score (nSPS) is 11.5. The first-order valence-electron chi connectivity index (χ1n) is 8.59. The van der Waals surface area contributed by atoms with Crippen LogP contribution in [0.2, 0.25) is 5.02 Å². The molecule has 0 atom stereocenters. The van der Waals surface area contributed by atoms with Crippen LogP contribution in [0.5, 0.6) is 0 Å². The monoisotopic (exact) mass is 384 g/mol. The first-order chi connectivity index (χ1) is 12.8. The predicted octanol–water partition coefficient (Wildman–Crippen LogP) is 4.63. The Morgan fingerprint density at radius 2 is 1.89 bits per heavy atom. The maximum Gasteiger partial charge on any atom is 0.335 e. The number of aromatic nitrogens is 2. The van der Waals surface area contributed by atoms with Gasteiger partial charge in [0.15, 0.2) is 5.60 Å². The molecule has 0 unspecified atom stereocenters. The molecular weight excluding hydrogens is 364 g/mol. The summed E-state index contributed by atoms with van der Waals surface area (Å²) >= 11 is 6.10. The molecule has 0 aliphatic heterocycles. The predicted molar refractivity (Wildman–Crippen MR) is 105 cm³/mol. The van der Waals surface area contributed by atoms with E-state index in [1.807, 2.05) is 65.3 Å². The smallest absolute Gasteiger partial charge is 0.335 e. The number of ether oxygens (including phenoxy) is 1. The Labute approximate surface area is 163 Å². The van der Waals surface area contributed by atoms with Gasteiger partial charge in [-0.2, -0.15) is 5.10 Å². The summed E-state index contributed by atoms with van der Waals surface area (Å²) in [6, 6.07) is 19.5. The first-order valence-corrected chi connectivity index (χ1v) is 8.97. The van der Waals surface area contributed by atoms with Crippen molar-refractivity contribution < 1.29 is 14.6 Å². The largest absolute Gasteiger partial charge is 0.479 e. The fourth-order valence-electron chi connectivity index (χ4n) is 2.63. The lowest BCUT2D eigenvalue weighted by Gasteiger charge is -2.19. The fraction of sp³-hybridized carbons (Fsp3) is 0.238. The number of rotatable bonds is 7. The number of benzene rings is 2. The van der Waals surface area contributed by atoms with Crippen LogP contribution in [0.15, 0.2) is 60.7 Å². The van der Waals surface area contributed by atoms with E-state index < -0.39 is 11.6 Å². The molecule has 3 rings (SSSR count). The molecule has 3 aromatic rings. The molecule has 1 N–H and O–H groups in total. The van der Waals surface area contributed by atoms with Crippen molar-refractivity contribution in [3.63, 3.8) is 0 Å². The Hall–Kier alpha value is -2.63. The van der Waals surface area contributed by atoms with Crippen LogP contribution in [0.1, 0.15) is 25.1 Å². The summed E-state index contributed by atoms with van der Waals surface area (Å²) in [5, 5.41) is 14.5. The number of carboxylic acids is 1. The average Bonchev–Trinajstić information content (AvgIpc) is 3.03. The summed E-state index contributed by atoms with van der Waals surface area (Å²) in [6.07, 6.45) is 0. The summed E-state index contributed by atoms with van der Waals surface area (Å²) in [7, 11) is 0. The Kier molecular flexibility index (Phi) is 5.63. The van der Waals surface area contributed by atoms with Crippen LogP contribution >= 0.6 is 11.6 Å². The molecule has 0 radical (unpaired) electrons. The highest BCUT2D eigenvalue weighted by Crippen LogP contribution is 2.23. The van der Waals surface area contributed by atoms with E-state index in [4.69, 9.17) is 16.3 Å². The van der Waals surface area contributed by atoms with E-state index in [9.17, 15) is 9.90 Å². The molecule has 0 amide bonds. The van der Waals surface area contributed by atoms with Gasteiger partial charge in [-0.3, -0.25) is 4.68 Å². The molecule has 0 bridgehead atoms. The van der Waals surface area contributed by atoms with Crippen LogP contribution in [0.4, 0.5) is 0 Å². The van der Waals surface area contributed by atoms with E-state index in [1.165, 1.54) is 13.8 Å². The van der Waals surface area contributed by atoms with Gasteiger partial charge in [-0.25, -0.2) is 4.79 Å². The SMILES string of the molecule is CC(C)(OCc1cc(-c2ccccc2)n(Cc2cccc(Cl)c2)n1)C(=O)O. The second-order valence-electron chi connectivity index (χ2n) is 6.78. The molecule has 0 aliphatic rings. The van der Waals surface area contributed by atoms with Crippen LogP contribution < -0.4 is 0 Å². The number of carbonyl (C=O) groups is 1. The molecule has 1 heterocycles. The zero-order valence-corrected chi connectivity index (χ0v) is 16.0. The molecule has 0 spiro atoms. The lowest BCUT2D eigenvalue weighted by molar-refractivity contribution is -0.162. The van der Waals surface area contributed by atoms with E-state index in [1.54, 1.807) is 0 Å². The van der Waals surface area contributed by atoms with E-state index in [0.29, 0.717) is 17.3 Å². The standard InChI is InChI=1S/C21H21ClN2O3/c1-21(2,20(25)26)27-14-18-12-19(16-8-4-3-5-9-16)24(23-18)13-15-7-6-10-17(22)11-15/h3-12H,13-14H2,1-2H3,(H,25,26). The Bertz CT molecular complexity index is 936. The highest BCUT2D eigenvalue weighted by atomic mass is 35.5. The molecule has 1 aromatic heterocycles. The molecule has 5 nitrogen and oxygen atoms in total. The van der Waals surface area contributed by atoms with Gasteiger partial charge in [0.05, 0.1) is 24.5 Å². The van der Waals surface area contributed by atoms with Crippen molar-refractivity contribution >= 4 is 17.6 Å². The van der Waals surface area contributed by atoms with E-state index in [-0.39, 0.29) is 6.61 Å². The number of carboxylic acid groups (broad SMARTS) is 1. The summed E-state index contributed by atoms with van der Waals surface area (Å²) in [5.41, 5.74) is 2.38. The van der Waals surface area contributed by atoms with Gasteiger partial charge in [-0.15, -0.1) is 0 Å². The first kappa shape index (κ1) is 19.1. The quantitative estimate of drug-likeness (QED) is 0.645. The molecule has 27 heavy (non-hydrogen) atoms. The van der Waals surface area contributed by atoms with E-state index in [0.717, 1.165) is 16.8 Å². The van der Waals surface area contributed by atoms with Crippen LogP contribution in [0.3, 0.4) is 0 Å². The van der Waals surface area contributed by atoms with Gasteiger partial charge >= 0.3 is 5.97 Å². The van der Waals surface area contributed by atoms with Crippen molar-refractivity contribution in [1.82, 2.24) is 9.78 Å². The minimum atomic E-state index is -1.27. The molecular formula is C21H21ClN2O3. The fourth-order valence-corrected chi connectivity index (χ4v) is 2.84. The van der Waals surface area contributed by atoms with Crippen molar-refractivity contribution in [3.8, 4) is 11.3 Å². The lowest BCUT2D eigenvalue weighted by atomic mass is 10.1. The van der Waals surface area contributed by atoms with Gasteiger partial charge in [-0.05, 0) is 43.2 Å². The summed E-state index contributed by atoms with van der Waals surface area (Å²) in [4.78, 5) is 11.2. The van der Waals surface area contributed by atoms with Crippen molar-refractivity contribution in [2.75, 3.05) is 0 Å². The Balaban J connectivity index is 1.90. The molecule has 140 valence electrons. The topological polar surface area (TPSA) is 64.4 Å². The third kappa shape index (κ3) is 4.76. The molecule has 0 aliphatic carbocycles. The van der Waals surface area contributed by atoms with E-state index >= 15 is 0 Å². The minimum absolute atomic E-state index is 0.113. The van der Waals surface area contributed by atoms with E-state index in [2.05, 4.69) is 5.10 Å². The van der Waals surface area contributed by atoms with Gasteiger partial charge in [0.2, 0.25) is 0 Å². The van der Waals surface area contributed by atoms with Crippen LogP contribution in [-0.2, 0) is 22.7 Å². The van der Waals surface area contributed by atoms with Gasteiger partial charge < -0.3 is 9.84 Å². The van der Waals surface area contributed by atoms with Gasteiger partial charge in [0, 0.05) is 5.02 Å². The zero-order chi connectivity index (χ0) is 19.4. The molecule has 0 saturated carbocycles.